The zero-order valence-electron chi connectivity index (χ0n) is 12.4. The zero-order valence-corrected chi connectivity index (χ0v) is 13.2. The van der Waals surface area contributed by atoms with Crippen molar-refractivity contribution in [2.45, 2.75) is 44.1 Å². The Morgan fingerprint density at radius 3 is 2.91 bits per heavy atom. The molecule has 0 radical (unpaired) electrons. The first kappa shape index (κ1) is 13.8. The average Bonchev–Trinajstić information content (AvgIpc) is 3.18. The fraction of sp³-hybridized carbons (Fsp3) is 0.389. The van der Waals surface area contributed by atoms with Gasteiger partial charge in [0.2, 0.25) is 5.91 Å². The molecule has 1 aromatic carbocycles. The van der Waals surface area contributed by atoms with Crippen molar-refractivity contribution in [3.63, 3.8) is 0 Å². The van der Waals surface area contributed by atoms with Gasteiger partial charge in [-0.2, -0.15) is 0 Å². The van der Waals surface area contributed by atoms with Gasteiger partial charge in [-0.15, -0.1) is 11.3 Å². The van der Waals surface area contributed by atoms with Gasteiger partial charge in [0.1, 0.15) is 5.75 Å². The molecule has 3 nitrogen and oxygen atoms in total. The first-order valence-corrected chi connectivity index (χ1v) is 8.81. The van der Waals surface area contributed by atoms with Crippen molar-refractivity contribution in [2.75, 3.05) is 5.32 Å². The average molecular weight is 313 g/mol. The molecule has 1 fully saturated rings. The van der Waals surface area contributed by atoms with Crippen molar-refractivity contribution in [3.8, 4) is 5.75 Å². The Morgan fingerprint density at radius 1 is 1.18 bits per heavy atom. The van der Waals surface area contributed by atoms with Crippen LogP contribution in [-0.2, 0) is 4.79 Å². The van der Waals surface area contributed by atoms with Gasteiger partial charge >= 0.3 is 0 Å². The van der Waals surface area contributed by atoms with Gasteiger partial charge in [0.15, 0.2) is 0 Å². The van der Waals surface area contributed by atoms with E-state index in [1.807, 2.05) is 23.6 Å². The summed E-state index contributed by atoms with van der Waals surface area (Å²) in [6.07, 6.45) is 5.73. The van der Waals surface area contributed by atoms with E-state index in [-0.39, 0.29) is 11.8 Å². The van der Waals surface area contributed by atoms with Crippen LogP contribution in [0.25, 0.3) is 0 Å². The van der Waals surface area contributed by atoms with Gasteiger partial charge in [-0.3, -0.25) is 4.79 Å². The van der Waals surface area contributed by atoms with Crippen LogP contribution in [0.4, 0.5) is 5.69 Å². The van der Waals surface area contributed by atoms with E-state index in [0.29, 0.717) is 12.5 Å². The maximum atomic E-state index is 11.9. The zero-order chi connectivity index (χ0) is 14.9. The summed E-state index contributed by atoms with van der Waals surface area (Å²) in [5.74, 6) is 1.18. The summed E-state index contributed by atoms with van der Waals surface area (Å²) < 4.78 is 6.11. The lowest BCUT2D eigenvalue weighted by atomic mass is 9.90. The van der Waals surface area contributed by atoms with Crippen LogP contribution in [-0.4, -0.2) is 12.0 Å². The second-order valence-electron chi connectivity index (χ2n) is 6.10. The van der Waals surface area contributed by atoms with Crippen molar-refractivity contribution < 1.29 is 9.53 Å². The first-order chi connectivity index (χ1) is 10.8. The third-order valence-electron chi connectivity index (χ3n) is 4.54. The molecule has 4 rings (SSSR count). The Kier molecular flexibility index (Phi) is 3.62. The largest absolute Gasteiger partial charge is 0.490 e. The summed E-state index contributed by atoms with van der Waals surface area (Å²) >= 11 is 1.71. The van der Waals surface area contributed by atoms with Gasteiger partial charge in [-0.1, -0.05) is 12.1 Å². The summed E-state index contributed by atoms with van der Waals surface area (Å²) in [6, 6.07) is 10.3. The molecule has 1 N–H and O–H groups in total. The van der Waals surface area contributed by atoms with Gasteiger partial charge in [0.05, 0.1) is 11.8 Å². The van der Waals surface area contributed by atoms with Gasteiger partial charge < -0.3 is 10.1 Å². The highest BCUT2D eigenvalue weighted by Gasteiger charge is 2.28. The number of carbonyl (C=O) groups is 1. The van der Waals surface area contributed by atoms with Crippen molar-refractivity contribution >= 4 is 22.9 Å². The van der Waals surface area contributed by atoms with E-state index >= 15 is 0 Å². The summed E-state index contributed by atoms with van der Waals surface area (Å²) in [5.41, 5.74) is 2.14. The Labute approximate surface area is 134 Å². The number of hydrogen-bond donors (Lipinski definition) is 1. The minimum atomic E-state index is 0.0954. The number of ether oxygens (including phenoxy) is 1. The highest BCUT2D eigenvalue weighted by Crippen LogP contribution is 2.41. The van der Waals surface area contributed by atoms with E-state index in [9.17, 15) is 4.79 Å². The molecule has 1 aliphatic heterocycles. The number of fused-ring (bicyclic) bond motifs is 1. The van der Waals surface area contributed by atoms with Crippen LogP contribution >= 0.6 is 11.3 Å². The number of anilines is 1. The lowest BCUT2D eigenvalue weighted by Gasteiger charge is -2.23. The predicted molar refractivity (Wildman–Crippen MR) is 88.7 cm³/mol. The number of rotatable bonds is 3. The molecule has 1 aromatic heterocycles. The molecule has 0 bridgehead atoms. The van der Waals surface area contributed by atoms with Crippen molar-refractivity contribution in [3.05, 3.63) is 46.2 Å². The molecule has 114 valence electrons. The number of thiophene rings is 1. The van der Waals surface area contributed by atoms with Crippen molar-refractivity contribution in [1.82, 2.24) is 0 Å². The number of carbonyl (C=O) groups excluding carboxylic acids is 1. The van der Waals surface area contributed by atoms with Crippen molar-refractivity contribution in [1.29, 1.82) is 0 Å². The number of benzene rings is 1. The van der Waals surface area contributed by atoms with E-state index in [1.54, 1.807) is 11.3 Å². The van der Waals surface area contributed by atoms with E-state index in [0.717, 1.165) is 24.3 Å². The number of hydrogen-bond acceptors (Lipinski definition) is 3. The maximum Gasteiger partial charge on any atom is 0.225 e. The van der Waals surface area contributed by atoms with E-state index in [2.05, 4.69) is 17.4 Å². The monoisotopic (exact) mass is 313 g/mol. The standard InChI is InChI=1S/C18H19NO2S/c20-17-11-15(18-16(19-17)8-9-22-18)12-4-3-7-14(10-12)21-13-5-1-2-6-13/h3-4,7-10,13,15H,1-2,5-6,11H2,(H,19,20)/t15-/m0/s1. The Hall–Kier alpha value is -1.81. The Bertz CT molecular complexity index is 688. The van der Waals surface area contributed by atoms with E-state index in [4.69, 9.17) is 4.74 Å². The van der Waals surface area contributed by atoms with Gasteiger partial charge in [-0.05, 0) is 54.8 Å². The summed E-state index contributed by atoms with van der Waals surface area (Å²) in [6.45, 7) is 0. The van der Waals surface area contributed by atoms with Crippen LogP contribution < -0.4 is 10.1 Å². The molecule has 2 heterocycles. The van der Waals surface area contributed by atoms with Gasteiger partial charge in [0, 0.05) is 17.2 Å². The summed E-state index contributed by atoms with van der Waals surface area (Å²) in [4.78, 5) is 13.2. The van der Waals surface area contributed by atoms with Crippen LogP contribution in [0.3, 0.4) is 0 Å². The predicted octanol–water partition coefficient (Wildman–Crippen LogP) is 4.54. The molecule has 1 atom stereocenters. The first-order valence-electron chi connectivity index (χ1n) is 7.93. The van der Waals surface area contributed by atoms with E-state index in [1.165, 1.54) is 23.3 Å². The van der Waals surface area contributed by atoms with Crippen LogP contribution in [0, 0.1) is 0 Å². The molecule has 0 spiro atoms. The number of nitrogens with one attached hydrogen (secondary N) is 1. The minimum absolute atomic E-state index is 0.0954. The third kappa shape index (κ3) is 2.63. The summed E-state index contributed by atoms with van der Waals surface area (Å²) in [7, 11) is 0. The lowest BCUT2D eigenvalue weighted by Crippen LogP contribution is -2.22. The molecular weight excluding hydrogens is 294 g/mol. The molecule has 0 unspecified atom stereocenters. The molecule has 1 amide bonds. The molecule has 1 saturated carbocycles. The molecule has 2 aliphatic rings. The van der Waals surface area contributed by atoms with Gasteiger partial charge in [-0.25, -0.2) is 0 Å². The highest BCUT2D eigenvalue weighted by molar-refractivity contribution is 7.10. The number of amides is 1. The molecule has 1 aliphatic carbocycles. The third-order valence-corrected chi connectivity index (χ3v) is 5.57. The lowest BCUT2D eigenvalue weighted by molar-refractivity contribution is -0.116. The van der Waals surface area contributed by atoms with Crippen LogP contribution in [0.2, 0.25) is 0 Å². The van der Waals surface area contributed by atoms with E-state index < -0.39 is 0 Å². The smallest absolute Gasteiger partial charge is 0.225 e. The van der Waals surface area contributed by atoms with Crippen molar-refractivity contribution in [2.24, 2.45) is 0 Å². The fourth-order valence-corrected chi connectivity index (χ4v) is 4.43. The minimum Gasteiger partial charge on any atom is -0.490 e. The molecule has 2 aromatic rings. The van der Waals surface area contributed by atoms with Crippen LogP contribution in [0.1, 0.15) is 48.5 Å². The molecule has 4 heteroatoms. The second kappa shape index (κ2) is 5.76. The summed E-state index contributed by atoms with van der Waals surface area (Å²) in [5, 5.41) is 5.00. The fourth-order valence-electron chi connectivity index (χ4n) is 3.45. The van der Waals surface area contributed by atoms with Gasteiger partial charge in [0.25, 0.3) is 0 Å². The molecular formula is C18H19NO2S. The van der Waals surface area contributed by atoms with Crippen LogP contribution in [0.15, 0.2) is 35.7 Å². The normalized spacial score (nSPS) is 21.5. The Balaban J connectivity index is 1.61. The highest BCUT2D eigenvalue weighted by atomic mass is 32.1. The molecule has 0 saturated heterocycles. The topological polar surface area (TPSA) is 38.3 Å². The quantitative estimate of drug-likeness (QED) is 0.903. The second-order valence-corrected chi connectivity index (χ2v) is 7.05. The Morgan fingerprint density at radius 2 is 2.05 bits per heavy atom. The SMILES string of the molecule is O=C1C[C@@H](c2cccc(OC3CCCC3)c2)c2sccc2N1. The maximum absolute atomic E-state index is 11.9. The molecule has 22 heavy (non-hydrogen) atoms. The van der Waals surface area contributed by atoms with Crippen LogP contribution in [0.5, 0.6) is 5.75 Å².